The zero-order valence-corrected chi connectivity index (χ0v) is 14.1. The average molecular weight is 315 g/mol. The van der Waals surface area contributed by atoms with Gasteiger partial charge < -0.3 is 15.6 Å². The smallest absolute Gasteiger partial charge is 0.256 e. The first kappa shape index (κ1) is 17.1. The van der Waals surface area contributed by atoms with Crippen LogP contribution in [-0.2, 0) is 6.54 Å². The Labute approximate surface area is 136 Å². The van der Waals surface area contributed by atoms with Crippen LogP contribution in [0.3, 0.4) is 0 Å². The van der Waals surface area contributed by atoms with E-state index in [0.717, 1.165) is 24.9 Å². The second-order valence-electron chi connectivity index (χ2n) is 6.26. The van der Waals surface area contributed by atoms with E-state index < -0.39 is 0 Å². The molecule has 5 heteroatoms. The number of anilines is 1. The molecule has 1 aromatic heterocycles. The lowest BCUT2D eigenvalue weighted by Gasteiger charge is -2.14. The number of nitrogens with one attached hydrogen (secondary N) is 1. The standard InChI is InChI=1S/C18H25N3O2/c1-4-5-9-21-11-13(18(23)20-10-12(2)3)17(22)16-14(19)7-6-8-15(16)21/h6-8,11-12H,4-5,9-10,19H2,1-3H3,(H,20,23). The number of nitrogens with zero attached hydrogens (tertiary/aromatic N) is 1. The van der Waals surface area contributed by atoms with Gasteiger partial charge in [-0.2, -0.15) is 0 Å². The summed E-state index contributed by atoms with van der Waals surface area (Å²) < 4.78 is 1.96. The molecule has 0 aliphatic carbocycles. The number of hydrogen-bond acceptors (Lipinski definition) is 3. The number of aryl methyl sites for hydroxylation is 1. The van der Waals surface area contributed by atoms with Crippen LogP contribution >= 0.6 is 0 Å². The molecule has 0 atom stereocenters. The van der Waals surface area contributed by atoms with Crippen LogP contribution in [0.4, 0.5) is 5.69 Å². The van der Waals surface area contributed by atoms with Crippen molar-refractivity contribution in [1.29, 1.82) is 0 Å². The zero-order chi connectivity index (χ0) is 17.0. The number of carbonyl (C=O) groups is 1. The molecule has 5 nitrogen and oxygen atoms in total. The molecule has 0 saturated carbocycles. The van der Waals surface area contributed by atoms with Gasteiger partial charge in [0.05, 0.1) is 10.9 Å². The van der Waals surface area contributed by atoms with Gasteiger partial charge in [-0.1, -0.05) is 33.3 Å². The highest BCUT2D eigenvalue weighted by Crippen LogP contribution is 2.19. The van der Waals surface area contributed by atoms with Gasteiger partial charge in [0.2, 0.25) is 5.43 Å². The summed E-state index contributed by atoms with van der Waals surface area (Å²) in [6.45, 7) is 7.42. The summed E-state index contributed by atoms with van der Waals surface area (Å²) in [5.41, 5.74) is 7.06. The van der Waals surface area contributed by atoms with Crippen LogP contribution in [0.2, 0.25) is 0 Å². The Morgan fingerprint density at radius 3 is 2.74 bits per heavy atom. The number of pyridine rings is 1. The Bertz CT molecular complexity index is 763. The van der Waals surface area contributed by atoms with E-state index in [9.17, 15) is 9.59 Å². The number of amides is 1. The predicted molar refractivity (Wildman–Crippen MR) is 94.7 cm³/mol. The summed E-state index contributed by atoms with van der Waals surface area (Å²) >= 11 is 0. The maximum absolute atomic E-state index is 12.7. The maximum Gasteiger partial charge on any atom is 0.256 e. The van der Waals surface area contributed by atoms with E-state index >= 15 is 0 Å². The molecule has 1 heterocycles. The lowest BCUT2D eigenvalue weighted by atomic mass is 10.1. The molecule has 0 bridgehead atoms. The van der Waals surface area contributed by atoms with Gasteiger partial charge in [0.15, 0.2) is 0 Å². The number of hydrogen-bond donors (Lipinski definition) is 2. The minimum Gasteiger partial charge on any atom is -0.398 e. The van der Waals surface area contributed by atoms with E-state index in [2.05, 4.69) is 12.2 Å². The van der Waals surface area contributed by atoms with Gasteiger partial charge in [-0.3, -0.25) is 9.59 Å². The molecule has 0 spiro atoms. The first-order valence-corrected chi connectivity index (χ1v) is 8.15. The number of nitrogens with two attached hydrogens (primary N) is 1. The Hall–Kier alpha value is -2.30. The molecule has 1 amide bonds. The molecule has 1 aromatic carbocycles. The number of rotatable bonds is 6. The van der Waals surface area contributed by atoms with Gasteiger partial charge in [0.25, 0.3) is 5.91 Å². The minimum absolute atomic E-state index is 0.159. The summed E-state index contributed by atoms with van der Waals surface area (Å²) in [4.78, 5) is 25.1. The van der Waals surface area contributed by atoms with Crippen molar-refractivity contribution in [1.82, 2.24) is 9.88 Å². The maximum atomic E-state index is 12.7. The van der Waals surface area contributed by atoms with E-state index in [1.807, 2.05) is 30.5 Å². The average Bonchev–Trinajstić information content (AvgIpc) is 2.52. The molecule has 0 aliphatic rings. The lowest BCUT2D eigenvalue weighted by molar-refractivity contribution is 0.0947. The fourth-order valence-corrected chi connectivity index (χ4v) is 2.53. The van der Waals surface area contributed by atoms with Crippen LogP contribution in [0, 0.1) is 5.92 Å². The quantitative estimate of drug-likeness (QED) is 0.805. The SMILES string of the molecule is CCCCn1cc(C(=O)NCC(C)C)c(=O)c2c(N)cccc21. The van der Waals surface area contributed by atoms with E-state index in [1.165, 1.54) is 0 Å². The second-order valence-corrected chi connectivity index (χ2v) is 6.26. The Morgan fingerprint density at radius 2 is 2.09 bits per heavy atom. The van der Waals surface area contributed by atoms with Gasteiger partial charge in [0, 0.05) is 25.0 Å². The third-order valence-corrected chi connectivity index (χ3v) is 3.81. The summed E-state index contributed by atoms with van der Waals surface area (Å²) in [6, 6.07) is 5.40. The number of aromatic nitrogens is 1. The highest BCUT2D eigenvalue weighted by atomic mass is 16.2. The largest absolute Gasteiger partial charge is 0.398 e. The predicted octanol–water partition coefficient (Wildman–Crippen LogP) is 2.77. The molecule has 2 aromatic rings. The molecule has 23 heavy (non-hydrogen) atoms. The van der Waals surface area contributed by atoms with Crippen LogP contribution < -0.4 is 16.5 Å². The molecule has 124 valence electrons. The molecule has 0 aliphatic heterocycles. The third-order valence-electron chi connectivity index (χ3n) is 3.81. The number of fused-ring (bicyclic) bond motifs is 1. The summed E-state index contributed by atoms with van der Waals surface area (Å²) in [6.07, 6.45) is 3.67. The van der Waals surface area contributed by atoms with Gasteiger partial charge in [-0.05, 0) is 24.5 Å². The monoisotopic (exact) mass is 315 g/mol. The number of unbranched alkanes of at least 4 members (excludes halogenated alkanes) is 1. The van der Waals surface area contributed by atoms with Crippen LogP contribution in [0.15, 0.2) is 29.2 Å². The van der Waals surface area contributed by atoms with Crippen LogP contribution in [0.5, 0.6) is 0 Å². The van der Waals surface area contributed by atoms with Crippen molar-refractivity contribution in [2.45, 2.75) is 40.2 Å². The van der Waals surface area contributed by atoms with Gasteiger partial charge >= 0.3 is 0 Å². The van der Waals surface area contributed by atoms with Crippen molar-refractivity contribution >= 4 is 22.5 Å². The fourth-order valence-electron chi connectivity index (χ4n) is 2.53. The Morgan fingerprint density at radius 1 is 1.35 bits per heavy atom. The number of nitrogen functional groups attached to an aromatic ring is 1. The normalized spacial score (nSPS) is 11.1. The summed E-state index contributed by atoms with van der Waals surface area (Å²) in [5.74, 6) is -0.00843. The number of carbonyl (C=O) groups excluding carboxylic acids is 1. The molecule has 0 unspecified atom stereocenters. The molecule has 0 fully saturated rings. The lowest BCUT2D eigenvalue weighted by Crippen LogP contribution is -2.32. The van der Waals surface area contributed by atoms with Crippen molar-refractivity contribution < 1.29 is 4.79 Å². The fraction of sp³-hybridized carbons (Fsp3) is 0.444. The first-order valence-electron chi connectivity index (χ1n) is 8.15. The van der Waals surface area contributed by atoms with E-state index in [4.69, 9.17) is 5.73 Å². The van der Waals surface area contributed by atoms with Crippen LogP contribution in [0.25, 0.3) is 10.9 Å². The zero-order valence-electron chi connectivity index (χ0n) is 14.1. The van der Waals surface area contributed by atoms with E-state index in [1.54, 1.807) is 12.3 Å². The molecule has 3 N–H and O–H groups in total. The Kier molecular flexibility index (Phi) is 5.42. The summed E-state index contributed by atoms with van der Waals surface area (Å²) in [7, 11) is 0. The minimum atomic E-state index is -0.334. The molecule has 0 saturated heterocycles. The van der Waals surface area contributed by atoms with Crippen molar-refractivity contribution in [3.05, 3.63) is 40.2 Å². The van der Waals surface area contributed by atoms with E-state index in [-0.39, 0.29) is 16.9 Å². The van der Waals surface area contributed by atoms with Crippen molar-refractivity contribution in [2.75, 3.05) is 12.3 Å². The van der Waals surface area contributed by atoms with Gasteiger partial charge in [-0.25, -0.2) is 0 Å². The topological polar surface area (TPSA) is 77.1 Å². The first-order chi connectivity index (χ1) is 11.0. The molecule has 0 radical (unpaired) electrons. The van der Waals surface area contributed by atoms with Gasteiger partial charge in [0.1, 0.15) is 5.56 Å². The van der Waals surface area contributed by atoms with Crippen LogP contribution in [-0.4, -0.2) is 17.0 Å². The molecule has 2 rings (SSSR count). The number of benzene rings is 1. The van der Waals surface area contributed by atoms with Crippen molar-refractivity contribution in [2.24, 2.45) is 5.92 Å². The third kappa shape index (κ3) is 3.73. The van der Waals surface area contributed by atoms with E-state index in [0.29, 0.717) is 23.5 Å². The van der Waals surface area contributed by atoms with Crippen LogP contribution in [0.1, 0.15) is 44.0 Å². The highest BCUT2D eigenvalue weighted by Gasteiger charge is 2.16. The van der Waals surface area contributed by atoms with Crippen molar-refractivity contribution in [3.63, 3.8) is 0 Å². The van der Waals surface area contributed by atoms with Crippen molar-refractivity contribution in [3.8, 4) is 0 Å². The molecular formula is C18H25N3O2. The highest BCUT2D eigenvalue weighted by molar-refractivity contribution is 6.00. The molecular weight excluding hydrogens is 290 g/mol. The Balaban J connectivity index is 2.56. The summed E-state index contributed by atoms with van der Waals surface area (Å²) in [5, 5.41) is 3.24. The van der Waals surface area contributed by atoms with Gasteiger partial charge in [-0.15, -0.1) is 0 Å². The second kappa shape index (κ2) is 7.31.